The van der Waals surface area contributed by atoms with E-state index >= 15 is 0 Å². The Hall–Kier alpha value is -0.170. The van der Waals surface area contributed by atoms with Crippen LogP contribution in [0.2, 0.25) is 0 Å². The van der Waals surface area contributed by atoms with Crippen molar-refractivity contribution in [2.75, 3.05) is 39.0 Å². The Bertz CT molecular complexity index is 323. The summed E-state index contributed by atoms with van der Waals surface area (Å²) in [5, 5.41) is 3.38. The van der Waals surface area contributed by atoms with Crippen LogP contribution < -0.4 is 10.0 Å². The molecule has 0 radical (unpaired) electrons. The zero-order valence-electron chi connectivity index (χ0n) is 9.78. The Kier molecular flexibility index (Phi) is 3.84. The first-order valence-corrected chi connectivity index (χ1v) is 7.63. The summed E-state index contributed by atoms with van der Waals surface area (Å²) in [6.07, 6.45) is 2.52. The van der Waals surface area contributed by atoms with Crippen LogP contribution >= 0.6 is 0 Å². The van der Waals surface area contributed by atoms with Crippen molar-refractivity contribution in [3.63, 3.8) is 0 Å². The molecule has 1 atom stereocenters. The Labute approximate surface area is 97.6 Å². The fourth-order valence-electron chi connectivity index (χ4n) is 2.68. The first-order valence-electron chi connectivity index (χ1n) is 5.98. The van der Waals surface area contributed by atoms with Gasteiger partial charge < -0.3 is 10.2 Å². The summed E-state index contributed by atoms with van der Waals surface area (Å²) >= 11 is 0. The molecule has 1 unspecified atom stereocenters. The van der Waals surface area contributed by atoms with Crippen molar-refractivity contribution in [1.82, 2.24) is 14.9 Å². The number of sulfonamides is 1. The van der Waals surface area contributed by atoms with Crippen LogP contribution in [0.25, 0.3) is 0 Å². The van der Waals surface area contributed by atoms with Crippen molar-refractivity contribution in [2.24, 2.45) is 5.92 Å². The van der Waals surface area contributed by atoms with Gasteiger partial charge >= 0.3 is 0 Å². The smallest absolute Gasteiger partial charge is 0.212 e. The van der Waals surface area contributed by atoms with Crippen LogP contribution in [-0.2, 0) is 10.0 Å². The van der Waals surface area contributed by atoms with Gasteiger partial charge in [0, 0.05) is 19.1 Å². The molecule has 0 spiro atoms. The van der Waals surface area contributed by atoms with Gasteiger partial charge in [-0.05, 0) is 38.9 Å². The zero-order valence-corrected chi connectivity index (χ0v) is 10.6. The molecule has 3 fully saturated rings. The van der Waals surface area contributed by atoms with Crippen molar-refractivity contribution in [2.45, 2.75) is 18.9 Å². The van der Waals surface area contributed by atoms with Crippen molar-refractivity contribution in [1.29, 1.82) is 0 Å². The lowest BCUT2D eigenvalue weighted by atomic mass is 9.84. The number of nitrogens with zero attached hydrogens (tertiary/aromatic N) is 1. The van der Waals surface area contributed by atoms with Crippen LogP contribution in [0, 0.1) is 5.92 Å². The molecule has 3 saturated heterocycles. The maximum absolute atomic E-state index is 11.2. The average molecular weight is 247 g/mol. The summed E-state index contributed by atoms with van der Waals surface area (Å²) in [7, 11) is -1.60. The lowest BCUT2D eigenvalue weighted by molar-refractivity contribution is 0.0738. The molecule has 0 aromatic rings. The van der Waals surface area contributed by atoms with Gasteiger partial charge in [0.25, 0.3) is 0 Å². The summed E-state index contributed by atoms with van der Waals surface area (Å²) in [6.45, 7) is 4.08. The zero-order chi connectivity index (χ0) is 11.6. The van der Waals surface area contributed by atoms with Gasteiger partial charge in [-0.3, -0.25) is 0 Å². The highest BCUT2D eigenvalue weighted by Crippen LogP contribution is 2.27. The van der Waals surface area contributed by atoms with Crippen LogP contribution in [-0.4, -0.2) is 58.3 Å². The molecule has 0 saturated carbocycles. The third-order valence-corrected chi connectivity index (χ3v) is 5.11. The lowest BCUT2D eigenvalue weighted by Gasteiger charge is -2.45. The van der Waals surface area contributed by atoms with Crippen LogP contribution in [0.1, 0.15) is 12.8 Å². The minimum absolute atomic E-state index is 0.173. The molecule has 3 aliphatic rings. The molecule has 0 amide bonds. The highest BCUT2D eigenvalue weighted by atomic mass is 32.2. The fraction of sp³-hybridized carbons (Fsp3) is 1.00. The van der Waals surface area contributed by atoms with E-state index in [0.29, 0.717) is 12.6 Å². The molecule has 0 aliphatic carbocycles. The van der Waals surface area contributed by atoms with Gasteiger partial charge in [0.2, 0.25) is 10.0 Å². The molecule has 3 rings (SSSR count). The molecular formula is C10H21N3O2S. The third kappa shape index (κ3) is 2.94. The Morgan fingerprint density at radius 1 is 1.31 bits per heavy atom. The topological polar surface area (TPSA) is 61.4 Å². The largest absolute Gasteiger partial charge is 0.311 e. The number of piperidine rings is 3. The maximum Gasteiger partial charge on any atom is 0.212 e. The quantitative estimate of drug-likeness (QED) is 0.669. The SMILES string of the molecule is CNS(=O)(=O)CCNC1CN2CCC1CC2. The van der Waals surface area contributed by atoms with E-state index in [1.54, 1.807) is 0 Å². The van der Waals surface area contributed by atoms with Crippen LogP contribution in [0.4, 0.5) is 0 Å². The molecular weight excluding hydrogens is 226 g/mol. The first kappa shape index (κ1) is 12.3. The third-order valence-electron chi connectivity index (χ3n) is 3.74. The summed E-state index contributed by atoms with van der Waals surface area (Å²) < 4.78 is 24.8. The second-order valence-corrected chi connectivity index (χ2v) is 6.77. The summed E-state index contributed by atoms with van der Waals surface area (Å²) in [5.74, 6) is 0.925. The Morgan fingerprint density at radius 3 is 2.50 bits per heavy atom. The number of hydrogen-bond donors (Lipinski definition) is 2. The molecule has 6 heteroatoms. The molecule has 16 heavy (non-hydrogen) atoms. The maximum atomic E-state index is 11.2. The number of nitrogens with one attached hydrogen (secondary N) is 2. The van der Waals surface area contributed by atoms with Crippen molar-refractivity contribution in [3.8, 4) is 0 Å². The van der Waals surface area contributed by atoms with E-state index in [1.165, 1.54) is 33.0 Å². The highest BCUT2D eigenvalue weighted by Gasteiger charge is 2.33. The van der Waals surface area contributed by atoms with E-state index in [2.05, 4.69) is 14.9 Å². The minimum Gasteiger partial charge on any atom is -0.311 e. The Morgan fingerprint density at radius 2 is 2.00 bits per heavy atom. The van der Waals surface area contributed by atoms with E-state index < -0.39 is 10.0 Å². The average Bonchev–Trinajstić information content (AvgIpc) is 2.30. The molecule has 5 nitrogen and oxygen atoms in total. The normalized spacial score (nSPS) is 34.2. The van der Waals surface area contributed by atoms with Crippen molar-refractivity contribution >= 4 is 10.0 Å². The fourth-order valence-corrected chi connectivity index (χ4v) is 3.27. The predicted molar refractivity (Wildman–Crippen MR) is 63.8 cm³/mol. The summed E-state index contributed by atoms with van der Waals surface area (Å²) in [5.41, 5.74) is 0. The van der Waals surface area contributed by atoms with Crippen LogP contribution in [0.3, 0.4) is 0 Å². The molecule has 2 bridgehead atoms. The molecule has 3 aliphatic heterocycles. The van der Waals surface area contributed by atoms with E-state index in [1.807, 2.05) is 0 Å². The first-order chi connectivity index (χ1) is 7.61. The second-order valence-electron chi connectivity index (χ2n) is 4.72. The molecule has 3 heterocycles. The predicted octanol–water partition coefficient (Wildman–Crippen LogP) is -0.781. The van der Waals surface area contributed by atoms with Crippen LogP contribution in [0.5, 0.6) is 0 Å². The van der Waals surface area contributed by atoms with Crippen molar-refractivity contribution in [3.05, 3.63) is 0 Å². The van der Waals surface area contributed by atoms with Gasteiger partial charge in [0.05, 0.1) is 5.75 Å². The van der Waals surface area contributed by atoms with Crippen molar-refractivity contribution < 1.29 is 8.42 Å². The monoisotopic (exact) mass is 247 g/mol. The highest BCUT2D eigenvalue weighted by molar-refractivity contribution is 7.89. The molecule has 0 aromatic carbocycles. The van der Waals surface area contributed by atoms with E-state index in [9.17, 15) is 8.42 Å². The van der Waals surface area contributed by atoms with Gasteiger partial charge in [0.1, 0.15) is 0 Å². The lowest BCUT2D eigenvalue weighted by Crippen LogP contribution is -2.56. The molecule has 0 aromatic heterocycles. The van der Waals surface area contributed by atoms with E-state index in [0.717, 1.165) is 12.5 Å². The van der Waals surface area contributed by atoms with Gasteiger partial charge in [-0.25, -0.2) is 13.1 Å². The van der Waals surface area contributed by atoms with Gasteiger partial charge in [0.15, 0.2) is 0 Å². The number of rotatable bonds is 5. The summed E-state index contributed by atoms with van der Waals surface area (Å²) in [6, 6.07) is 0.495. The molecule has 94 valence electrons. The van der Waals surface area contributed by atoms with Crippen LogP contribution in [0.15, 0.2) is 0 Å². The standard InChI is InChI=1S/C10H21N3O2S/c1-11-16(14,15)7-4-12-10-8-13-5-2-9(10)3-6-13/h9-12H,2-8H2,1H3. The summed E-state index contributed by atoms with van der Waals surface area (Å²) in [4.78, 5) is 2.46. The molecule has 2 N–H and O–H groups in total. The number of hydrogen-bond acceptors (Lipinski definition) is 4. The van der Waals surface area contributed by atoms with E-state index in [-0.39, 0.29) is 5.75 Å². The minimum atomic E-state index is -3.06. The van der Waals surface area contributed by atoms with Gasteiger partial charge in [-0.15, -0.1) is 0 Å². The van der Waals surface area contributed by atoms with Gasteiger partial charge in [-0.1, -0.05) is 0 Å². The Balaban J connectivity index is 1.75. The van der Waals surface area contributed by atoms with E-state index in [4.69, 9.17) is 0 Å². The number of fused-ring (bicyclic) bond motifs is 3. The second kappa shape index (κ2) is 5.00. The van der Waals surface area contributed by atoms with Gasteiger partial charge in [-0.2, -0.15) is 0 Å².